The van der Waals surface area contributed by atoms with Crippen molar-refractivity contribution < 1.29 is 17.9 Å². The largest absolute Gasteiger partial charge is 0.495 e. The van der Waals surface area contributed by atoms with Gasteiger partial charge in [0.25, 0.3) is 10.0 Å². The number of carbonyl (C=O) groups excluding carboxylic acids is 1. The molecule has 2 aromatic rings. The summed E-state index contributed by atoms with van der Waals surface area (Å²) in [6, 6.07) is 12.7. The van der Waals surface area contributed by atoms with Crippen molar-refractivity contribution in [2.24, 2.45) is 0 Å². The molecule has 0 heterocycles. The predicted molar refractivity (Wildman–Crippen MR) is 84.5 cm³/mol. The molecule has 2 N–H and O–H groups in total. The van der Waals surface area contributed by atoms with Crippen LogP contribution >= 0.6 is 0 Å². The van der Waals surface area contributed by atoms with Crippen molar-refractivity contribution in [3.05, 3.63) is 48.5 Å². The van der Waals surface area contributed by atoms with Gasteiger partial charge in [-0.1, -0.05) is 18.2 Å². The van der Waals surface area contributed by atoms with Gasteiger partial charge in [-0.05, 0) is 30.3 Å². The molecule has 22 heavy (non-hydrogen) atoms. The highest BCUT2D eigenvalue weighted by Gasteiger charge is 2.16. The maximum Gasteiger partial charge on any atom is 0.262 e. The molecule has 116 valence electrons. The van der Waals surface area contributed by atoms with Crippen molar-refractivity contribution in [1.82, 2.24) is 0 Å². The zero-order valence-electron chi connectivity index (χ0n) is 12.2. The van der Waals surface area contributed by atoms with Crippen molar-refractivity contribution in [2.75, 3.05) is 17.1 Å². The van der Waals surface area contributed by atoms with Gasteiger partial charge in [0.05, 0.1) is 17.7 Å². The monoisotopic (exact) mass is 320 g/mol. The van der Waals surface area contributed by atoms with Crippen LogP contribution in [0.2, 0.25) is 0 Å². The molecule has 2 aromatic carbocycles. The van der Waals surface area contributed by atoms with Gasteiger partial charge in [0, 0.05) is 12.6 Å². The van der Waals surface area contributed by atoms with Crippen LogP contribution in [0.5, 0.6) is 5.75 Å². The van der Waals surface area contributed by atoms with Crippen LogP contribution in [0, 0.1) is 0 Å². The summed E-state index contributed by atoms with van der Waals surface area (Å²) in [4.78, 5) is 11.2. The minimum absolute atomic E-state index is 0.141. The summed E-state index contributed by atoms with van der Waals surface area (Å²) >= 11 is 0. The van der Waals surface area contributed by atoms with Crippen LogP contribution in [-0.4, -0.2) is 21.4 Å². The molecule has 0 atom stereocenters. The highest BCUT2D eigenvalue weighted by molar-refractivity contribution is 7.92. The van der Waals surface area contributed by atoms with E-state index in [0.29, 0.717) is 11.4 Å². The fourth-order valence-corrected chi connectivity index (χ4v) is 2.95. The van der Waals surface area contributed by atoms with E-state index >= 15 is 0 Å². The second kappa shape index (κ2) is 6.48. The number of anilines is 2. The molecule has 0 bridgehead atoms. The Labute approximate surface area is 129 Å². The van der Waals surface area contributed by atoms with Crippen LogP contribution in [0.25, 0.3) is 0 Å². The summed E-state index contributed by atoms with van der Waals surface area (Å²) in [5, 5.41) is 2.59. The molecule has 0 fully saturated rings. The maximum atomic E-state index is 12.3. The molecule has 0 saturated carbocycles. The highest BCUT2D eigenvalue weighted by Crippen LogP contribution is 2.29. The van der Waals surface area contributed by atoms with Crippen LogP contribution in [0.1, 0.15) is 6.92 Å². The molecule has 0 saturated heterocycles. The first-order valence-electron chi connectivity index (χ1n) is 6.46. The second-order valence-corrected chi connectivity index (χ2v) is 6.20. The zero-order valence-corrected chi connectivity index (χ0v) is 13.0. The number of carbonyl (C=O) groups is 1. The number of amides is 1. The lowest BCUT2D eigenvalue weighted by atomic mass is 10.2. The van der Waals surface area contributed by atoms with Crippen molar-refractivity contribution in [3.63, 3.8) is 0 Å². The van der Waals surface area contributed by atoms with Gasteiger partial charge >= 0.3 is 0 Å². The molecule has 7 heteroatoms. The smallest absolute Gasteiger partial charge is 0.262 e. The van der Waals surface area contributed by atoms with Gasteiger partial charge in [-0.15, -0.1) is 0 Å². The first-order chi connectivity index (χ1) is 10.4. The number of ether oxygens (including phenoxy) is 1. The molecule has 0 aliphatic rings. The Morgan fingerprint density at radius 1 is 1.09 bits per heavy atom. The van der Waals surface area contributed by atoms with Crippen LogP contribution in [-0.2, 0) is 14.8 Å². The maximum absolute atomic E-state index is 12.3. The summed E-state index contributed by atoms with van der Waals surface area (Å²) in [6.45, 7) is 1.37. The Kier molecular flexibility index (Phi) is 4.67. The summed E-state index contributed by atoms with van der Waals surface area (Å²) in [7, 11) is -2.30. The van der Waals surface area contributed by atoms with Gasteiger partial charge < -0.3 is 10.1 Å². The standard InChI is InChI=1S/C15H16N2O4S/c1-11(18)16-12-8-9-15(21-2)14(10-12)17-22(19,20)13-6-4-3-5-7-13/h3-10,17H,1-2H3,(H,16,18). The molecule has 0 unspecified atom stereocenters. The highest BCUT2D eigenvalue weighted by atomic mass is 32.2. The van der Waals surface area contributed by atoms with Gasteiger partial charge in [0.1, 0.15) is 5.75 Å². The minimum atomic E-state index is -3.73. The fourth-order valence-electron chi connectivity index (χ4n) is 1.87. The predicted octanol–water partition coefficient (Wildman–Crippen LogP) is 2.45. The van der Waals surface area contributed by atoms with E-state index in [4.69, 9.17) is 4.74 Å². The second-order valence-electron chi connectivity index (χ2n) is 4.51. The van der Waals surface area contributed by atoms with Crippen molar-refractivity contribution >= 4 is 27.3 Å². The van der Waals surface area contributed by atoms with Crippen LogP contribution < -0.4 is 14.8 Å². The SMILES string of the molecule is COc1ccc(NC(C)=O)cc1NS(=O)(=O)c1ccccc1. The molecule has 0 aliphatic carbocycles. The molecule has 0 spiro atoms. The van der Waals surface area contributed by atoms with Crippen molar-refractivity contribution in [2.45, 2.75) is 11.8 Å². The lowest BCUT2D eigenvalue weighted by molar-refractivity contribution is -0.114. The number of hydrogen-bond donors (Lipinski definition) is 2. The molecule has 0 radical (unpaired) electrons. The molecule has 1 amide bonds. The van der Waals surface area contributed by atoms with Crippen LogP contribution in [0.4, 0.5) is 11.4 Å². The van der Waals surface area contributed by atoms with E-state index in [1.54, 1.807) is 30.3 Å². The first kappa shape index (κ1) is 15.8. The van der Waals surface area contributed by atoms with Crippen LogP contribution in [0.15, 0.2) is 53.4 Å². The minimum Gasteiger partial charge on any atom is -0.495 e. The molecule has 0 aliphatic heterocycles. The average Bonchev–Trinajstić information content (AvgIpc) is 2.47. The Balaban J connectivity index is 2.37. The Bertz CT molecular complexity index is 773. The molecule has 2 rings (SSSR count). The lowest BCUT2D eigenvalue weighted by Gasteiger charge is -2.13. The molecule has 6 nitrogen and oxygen atoms in total. The van der Waals surface area contributed by atoms with E-state index in [9.17, 15) is 13.2 Å². The van der Waals surface area contributed by atoms with Gasteiger partial charge in [0.2, 0.25) is 5.91 Å². The Morgan fingerprint density at radius 2 is 1.77 bits per heavy atom. The van der Waals surface area contributed by atoms with Crippen molar-refractivity contribution in [1.29, 1.82) is 0 Å². The van der Waals surface area contributed by atoms with Gasteiger partial charge in [0.15, 0.2) is 0 Å². The Morgan fingerprint density at radius 3 is 2.36 bits per heavy atom. The van der Waals surface area contributed by atoms with E-state index < -0.39 is 10.0 Å². The molecular weight excluding hydrogens is 304 g/mol. The lowest BCUT2D eigenvalue weighted by Crippen LogP contribution is -2.14. The van der Waals surface area contributed by atoms with E-state index in [1.165, 1.54) is 32.2 Å². The van der Waals surface area contributed by atoms with Crippen molar-refractivity contribution in [3.8, 4) is 5.75 Å². The average molecular weight is 320 g/mol. The van der Waals surface area contributed by atoms with E-state index in [2.05, 4.69) is 10.0 Å². The summed E-state index contributed by atoms with van der Waals surface area (Å²) in [5.41, 5.74) is 0.719. The summed E-state index contributed by atoms with van der Waals surface area (Å²) in [5.74, 6) is 0.107. The molecular formula is C15H16N2O4S. The number of rotatable bonds is 5. The van der Waals surface area contributed by atoms with Gasteiger partial charge in [-0.25, -0.2) is 8.42 Å². The van der Waals surface area contributed by atoms with E-state index in [-0.39, 0.29) is 16.5 Å². The quantitative estimate of drug-likeness (QED) is 0.886. The van der Waals surface area contributed by atoms with Gasteiger partial charge in [-0.2, -0.15) is 0 Å². The molecule has 0 aromatic heterocycles. The number of methoxy groups -OCH3 is 1. The third kappa shape index (κ3) is 3.76. The third-order valence-electron chi connectivity index (χ3n) is 2.82. The van der Waals surface area contributed by atoms with Crippen LogP contribution in [0.3, 0.4) is 0 Å². The first-order valence-corrected chi connectivity index (χ1v) is 7.94. The summed E-state index contributed by atoms with van der Waals surface area (Å²) in [6.07, 6.45) is 0. The number of nitrogens with one attached hydrogen (secondary N) is 2. The topological polar surface area (TPSA) is 84.5 Å². The van der Waals surface area contributed by atoms with E-state index in [1.807, 2.05) is 0 Å². The van der Waals surface area contributed by atoms with Gasteiger partial charge in [-0.3, -0.25) is 9.52 Å². The number of sulfonamides is 1. The summed E-state index contributed by atoms with van der Waals surface area (Å²) < 4.78 is 32.3. The number of benzene rings is 2. The normalized spacial score (nSPS) is 10.8. The third-order valence-corrected chi connectivity index (χ3v) is 4.20. The number of hydrogen-bond acceptors (Lipinski definition) is 4. The zero-order chi connectivity index (χ0) is 16.2. The Hall–Kier alpha value is -2.54. The fraction of sp³-hybridized carbons (Fsp3) is 0.133. The van der Waals surface area contributed by atoms with E-state index in [0.717, 1.165) is 0 Å².